The molecule has 0 aliphatic heterocycles. The standard InChI is InChI=1S/C67H122O6/c1-4-7-10-13-16-19-22-25-28-31-33-36-39-42-45-48-51-54-57-60-66(69)72-63-64(62-71-65(68)59-56-53-50-47-44-41-38-35-30-27-24-21-18-15-12-9-6-3)73-67(70)61-58-55-52-49-46-43-40-37-34-32-29-26-23-20-17-14-11-8-5-2/h16,19,25,27-28,30,33,36,64H,4-15,17-18,20-24,26,29,31-32,34-35,37-63H2,1-3H3/b19-16-,28-25-,30-27-,36-33-. The van der Waals surface area contributed by atoms with Gasteiger partial charge in [0.2, 0.25) is 0 Å². The Morgan fingerprint density at radius 1 is 0.274 bits per heavy atom. The maximum atomic E-state index is 12.9. The Morgan fingerprint density at radius 2 is 0.493 bits per heavy atom. The predicted molar refractivity (Wildman–Crippen MR) is 316 cm³/mol. The third-order valence-corrected chi connectivity index (χ3v) is 14.3. The van der Waals surface area contributed by atoms with E-state index in [1.807, 2.05) is 0 Å². The fraction of sp³-hybridized carbons (Fsp3) is 0.836. The molecule has 0 fully saturated rings. The lowest BCUT2D eigenvalue weighted by Gasteiger charge is -2.18. The highest BCUT2D eigenvalue weighted by atomic mass is 16.6. The number of hydrogen-bond acceptors (Lipinski definition) is 6. The molecule has 0 saturated carbocycles. The van der Waals surface area contributed by atoms with Crippen molar-refractivity contribution < 1.29 is 28.6 Å². The van der Waals surface area contributed by atoms with E-state index >= 15 is 0 Å². The third kappa shape index (κ3) is 60.1. The fourth-order valence-corrected chi connectivity index (χ4v) is 9.45. The van der Waals surface area contributed by atoms with Crippen molar-refractivity contribution in [2.75, 3.05) is 13.2 Å². The molecule has 0 aliphatic carbocycles. The predicted octanol–water partition coefficient (Wildman–Crippen LogP) is 21.8. The highest BCUT2D eigenvalue weighted by Gasteiger charge is 2.19. The molecule has 0 saturated heterocycles. The zero-order valence-electron chi connectivity index (χ0n) is 48.9. The van der Waals surface area contributed by atoms with Crippen molar-refractivity contribution >= 4 is 17.9 Å². The molecule has 0 aromatic carbocycles. The molecule has 0 aliphatic rings. The smallest absolute Gasteiger partial charge is 0.306 e. The molecular weight excluding hydrogens is 901 g/mol. The van der Waals surface area contributed by atoms with Crippen LogP contribution in [0.25, 0.3) is 0 Å². The van der Waals surface area contributed by atoms with Crippen LogP contribution in [0.2, 0.25) is 0 Å². The van der Waals surface area contributed by atoms with Crippen LogP contribution in [-0.4, -0.2) is 37.2 Å². The normalized spacial score (nSPS) is 12.3. The van der Waals surface area contributed by atoms with Crippen molar-refractivity contribution in [2.45, 2.75) is 348 Å². The Kier molecular flexibility index (Phi) is 59.7. The highest BCUT2D eigenvalue weighted by Crippen LogP contribution is 2.17. The first-order valence-corrected chi connectivity index (χ1v) is 32.1. The quantitative estimate of drug-likeness (QED) is 0.0261. The van der Waals surface area contributed by atoms with E-state index in [4.69, 9.17) is 14.2 Å². The van der Waals surface area contributed by atoms with Gasteiger partial charge in [-0.3, -0.25) is 14.4 Å². The molecule has 73 heavy (non-hydrogen) atoms. The average molecular weight is 1020 g/mol. The van der Waals surface area contributed by atoms with Crippen molar-refractivity contribution in [1.29, 1.82) is 0 Å². The molecule has 0 amide bonds. The van der Waals surface area contributed by atoms with Crippen LogP contribution in [0.15, 0.2) is 48.6 Å². The summed E-state index contributed by atoms with van der Waals surface area (Å²) >= 11 is 0. The number of ether oxygens (including phenoxy) is 3. The summed E-state index contributed by atoms with van der Waals surface area (Å²) in [7, 11) is 0. The number of carbonyl (C=O) groups excluding carboxylic acids is 3. The maximum absolute atomic E-state index is 12.9. The van der Waals surface area contributed by atoms with Gasteiger partial charge in [0.15, 0.2) is 6.10 Å². The van der Waals surface area contributed by atoms with Crippen molar-refractivity contribution in [1.82, 2.24) is 0 Å². The minimum atomic E-state index is -0.779. The van der Waals surface area contributed by atoms with E-state index in [2.05, 4.69) is 69.4 Å². The molecule has 0 radical (unpaired) electrons. The van der Waals surface area contributed by atoms with Crippen molar-refractivity contribution in [3.63, 3.8) is 0 Å². The zero-order valence-corrected chi connectivity index (χ0v) is 48.9. The van der Waals surface area contributed by atoms with Gasteiger partial charge in [0.1, 0.15) is 13.2 Å². The molecule has 0 spiro atoms. The van der Waals surface area contributed by atoms with Crippen LogP contribution in [0.5, 0.6) is 0 Å². The number of rotatable bonds is 59. The van der Waals surface area contributed by atoms with Gasteiger partial charge >= 0.3 is 17.9 Å². The second-order valence-electron chi connectivity index (χ2n) is 21.7. The van der Waals surface area contributed by atoms with Gasteiger partial charge in [0.05, 0.1) is 0 Å². The molecule has 0 aromatic heterocycles. The Balaban J connectivity index is 4.37. The molecule has 0 rings (SSSR count). The first kappa shape index (κ1) is 70.4. The highest BCUT2D eigenvalue weighted by molar-refractivity contribution is 5.71. The molecule has 0 heterocycles. The SMILES string of the molecule is CCCCC/C=C\C/C=C\C/C=C\CCCCCCCCC(=O)OCC(COC(=O)CCCCCCCCC/C=C\CCCCCCCC)OC(=O)CCCCCCCCCCCCCCCCCCCCC. The minimum Gasteiger partial charge on any atom is -0.462 e. The number of unbranched alkanes of at least 4 members (excludes halogenated alkanes) is 40. The van der Waals surface area contributed by atoms with Crippen LogP contribution in [0.1, 0.15) is 342 Å². The first-order chi connectivity index (χ1) is 36.0. The van der Waals surface area contributed by atoms with Gasteiger partial charge in [-0.15, -0.1) is 0 Å². The summed E-state index contributed by atoms with van der Waals surface area (Å²) in [5.74, 6) is -0.871. The minimum absolute atomic E-state index is 0.0762. The second kappa shape index (κ2) is 61.9. The first-order valence-electron chi connectivity index (χ1n) is 32.1. The summed E-state index contributed by atoms with van der Waals surface area (Å²) in [4.78, 5) is 38.3. The third-order valence-electron chi connectivity index (χ3n) is 14.3. The van der Waals surface area contributed by atoms with Gasteiger partial charge in [-0.25, -0.2) is 0 Å². The Bertz CT molecular complexity index is 1270. The van der Waals surface area contributed by atoms with Crippen LogP contribution in [0.3, 0.4) is 0 Å². The molecule has 6 nitrogen and oxygen atoms in total. The van der Waals surface area contributed by atoms with Crippen molar-refractivity contribution in [3.8, 4) is 0 Å². The Hall–Kier alpha value is -2.63. The summed E-state index contributed by atoms with van der Waals surface area (Å²) in [6.45, 7) is 6.65. The summed E-state index contributed by atoms with van der Waals surface area (Å²) in [5.41, 5.74) is 0. The van der Waals surface area contributed by atoms with Crippen LogP contribution >= 0.6 is 0 Å². The van der Waals surface area contributed by atoms with Gasteiger partial charge in [-0.2, -0.15) is 0 Å². The lowest BCUT2D eigenvalue weighted by molar-refractivity contribution is -0.167. The number of allylic oxidation sites excluding steroid dienone is 8. The maximum Gasteiger partial charge on any atom is 0.306 e. The molecule has 1 unspecified atom stereocenters. The monoisotopic (exact) mass is 1020 g/mol. The second-order valence-corrected chi connectivity index (χ2v) is 21.7. The molecule has 0 bridgehead atoms. The van der Waals surface area contributed by atoms with Gasteiger partial charge in [-0.1, -0.05) is 288 Å². The number of carbonyl (C=O) groups is 3. The average Bonchev–Trinajstić information content (AvgIpc) is 3.39. The van der Waals surface area contributed by atoms with E-state index in [0.29, 0.717) is 19.3 Å². The van der Waals surface area contributed by atoms with Crippen molar-refractivity contribution in [3.05, 3.63) is 48.6 Å². The summed E-state index contributed by atoms with van der Waals surface area (Å²) < 4.78 is 16.9. The van der Waals surface area contributed by atoms with E-state index in [0.717, 1.165) is 77.0 Å². The Labute approximate surface area is 454 Å². The van der Waals surface area contributed by atoms with Gasteiger partial charge in [0.25, 0.3) is 0 Å². The zero-order chi connectivity index (χ0) is 52.9. The lowest BCUT2D eigenvalue weighted by atomic mass is 10.0. The van der Waals surface area contributed by atoms with E-state index in [-0.39, 0.29) is 31.1 Å². The van der Waals surface area contributed by atoms with Crippen LogP contribution in [0.4, 0.5) is 0 Å². The molecule has 426 valence electrons. The molecular formula is C67H122O6. The van der Waals surface area contributed by atoms with Gasteiger partial charge in [-0.05, 0) is 83.5 Å². The van der Waals surface area contributed by atoms with Crippen LogP contribution in [-0.2, 0) is 28.6 Å². The van der Waals surface area contributed by atoms with Gasteiger partial charge < -0.3 is 14.2 Å². The molecule has 0 N–H and O–H groups in total. The van der Waals surface area contributed by atoms with E-state index in [1.165, 1.54) is 225 Å². The topological polar surface area (TPSA) is 78.9 Å². The molecule has 0 aromatic rings. The molecule has 6 heteroatoms. The Morgan fingerprint density at radius 3 is 0.808 bits per heavy atom. The lowest BCUT2D eigenvalue weighted by Crippen LogP contribution is -2.30. The van der Waals surface area contributed by atoms with Crippen LogP contribution < -0.4 is 0 Å². The van der Waals surface area contributed by atoms with Crippen molar-refractivity contribution in [2.24, 2.45) is 0 Å². The number of esters is 3. The molecule has 1 atom stereocenters. The van der Waals surface area contributed by atoms with E-state index in [1.54, 1.807) is 0 Å². The van der Waals surface area contributed by atoms with E-state index < -0.39 is 6.10 Å². The van der Waals surface area contributed by atoms with Gasteiger partial charge in [0, 0.05) is 19.3 Å². The van der Waals surface area contributed by atoms with Crippen LogP contribution in [0, 0.1) is 0 Å². The summed E-state index contributed by atoms with van der Waals surface area (Å²) in [6.07, 6.45) is 76.8. The number of hydrogen-bond donors (Lipinski definition) is 0. The summed E-state index contributed by atoms with van der Waals surface area (Å²) in [5, 5.41) is 0. The summed E-state index contributed by atoms with van der Waals surface area (Å²) in [6, 6.07) is 0. The fourth-order valence-electron chi connectivity index (χ4n) is 9.45. The largest absolute Gasteiger partial charge is 0.462 e. The van der Waals surface area contributed by atoms with E-state index in [9.17, 15) is 14.4 Å².